The molecule has 2 rings (SSSR count). The van der Waals surface area contributed by atoms with Crippen molar-refractivity contribution in [1.82, 2.24) is 5.32 Å². The van der Waals surface area contributed by atoms with E-state index in [1.807, 2.05) is 0 Å². The minimum Gasteiger partial charge on any atom is -0.389 e. The van der Waals surface area contributed by atoms with E-state index in [1.54, 1.807) is 0 Å². The molecule has 2 heteroatoms. The van der Waals surface area contributed by atoms with Crippen molar-refractivity contribution < 1.29 is 5.11 Å². The molecule has 0 aromatic carbocycles. The Hall–Kier alpha value is -0.0800. The van der Waals surface area contributed by atoms with Gasteiger partial charge in [0.1, 0.15) is 0 Å². The van der Waals surface area contributed by atoms with Crippen molar-refractivity contribution in [2.45, 2.75) is 96.1 Å². The summed E-state index contributed by atoms with van der Waals surface area (Å²) in [6, 6.07) is 0.652. The molecule has 2 saturated carbocycles. The molecule has 2 nitrogen and oxygen atoms in total. The first-order valence-electron chi connectivity index (χ1n) is 8.45. The molecule has 0 bridgehead atoms. The summed E-state index contributed by atoms with van der Waals surface area (Å²) in [5.41, 5.74) is 0.00432. The van der Waals surface area contributed by atoms with E-state index in [1.165, 1.54) is 44.9 Å². The lowest BCUT2D eigenvalue weighted by molar-refractivity contribution is -0.0265. The van der Waals surface area contributed by atoms with Crippen molar-refractivity contribution in [2.24, 2.45) is 5.41 Å². The van der Waals surface area contributed by atoms with Crippen LogP contribution < -0.4 is 5.32 Å². The molecule has 0 aromatic heterocycles. The van der Waals surface area contributed by atoms with E-state index in [9.17, 15) is 5.11 Å². The smallest absolute Gasteiger partial charge is 0.0772 e. The van der Waals surface area contributed by atoms with Gasteiger partial charge in [0, 0.05) is 12.6 Å². The molecule has 0 amide bonds. The van der Waals surface area contributed by atoms with Crippen LogP contribution in [-0.2, 0) is 0 Å². The van der Waals surface area contributed by atoms with Crippen LogP contribution in [0.1, 0.15) is 84.5 Å². The van der Waals surface area contributed by atoms with Gasteiger partial charge in [0.25, 0.3) is 0 Å². The fraction of sp³-hybridized carbons (Fsp3) is 1.00. The summed E-state index contributed by atoms with van der Waals surface area (Å²) in [7, 11) is 0. The molecule has 0 saturated heterocycles. The third-order valence-electron chi connectivity index (χ3n) is 5.36. The zero-order valence-electron chi connectivity index (χ0n) is 13.0. The lowest BCUT2D eigenvalue weighted by Crippen LogP contribution is -2.47. The molecule has 2 fully saturated rings. The van der Waals surface area contributed by atoms with Crippen molar-refractivity contribution in [3.63, 3.8) is 0 Å². The molecule has 0 aromatic rings. The second kappa shape index (κ2) is 6.58. The van der Waals surface area contributed by atoms with Gasteiger partial charge in [0.05, 0.1) is 5.60 Å². The zero-order valence-corrected chi connectivity index (χ0v) is 13.0. The molecule has 0 spiro atoms. The van der Waals surface area contributed by atoms with Gasteiger partial charge in [-0.3, -0.25) is 0 Å². The van der Waals surface area contributed by atoms with Crippen LogP contribution in [0.4, 0.5) is 0 Å². The maximum absolute atomic E-state index is 10.7. The van der Waals surface area contributed by atoms with E-state index >= 15 is 0 Å². The maximum atomic E-state index is 10.7. The Morgan fingerprint density at radius 1 is 0.895 bits per heavy atom. The van der Waals surface area contributed by atoms with Crippen molar-refractivity contribution >= 4 is 0 Å². The fourth-order valence-corrected chi connectivity index (χ4v) is 3.56. The van der Waals surface area contributed by atoms with E-state index < -0.39 is 5.60 Å². The topological polar surface area (TPSA) is 32.3 Å². The van der Waals surface area contributed by atoms with Crippen LogP contribution in [0.3, 0.4) is 0 Å². The molecular weight excluding hydrogens is 234 g/mol. The molecule has 2 aliphatic rings. The highest BCUT2D eigenvalue weighted by atomic mass is 16.3. The highest BCUT2D eigenvalue weighted by Crippen LogP contribution is 2.39. The molecule has 2 N–H and O–H groups in total. The molecule has 2 aliphatic carbocycles. The Morgan fingerprint density at radius 3 is 2.00 bits per heavy atom. The van der Waals surface area contributed by atoms with E-state index in [4.69, 9.17) is 0 Å². The van der Waals surface area contributed by atoms with Gasteiger partial charge in [0.15, 0.2) is 0 Å². The molecule has 0 unspecified atom stereocenters. The SMILES string of the molecule is CC1(C)CCC(O)(CNC2CCCCCCC2)CC1. The summed E-state index contributed by atoms with van der Waals surface area (Å²) in [6.07, 6.45) is 13.8. The second-order valence-electron chi connectivity index (χ2n) is 7.81. The first kappa shape index (κ1) is 15.3. The first-order chi connectivity index (χ1) is 8.99. The van der Waals surface area contributed by atoms with E-state index in [0.29, 0.717) is 11.5 Å². The number of rotatable bonds is 3. The number of nitrogens with one attached hydrogen (secondary N) is 1. The van der Waals surface area contributed by atoms with Crippen LogP contribution in [0.2, 0.25) is 0 Å². The first-order valence-corrected chi connectivity index (χ1v) is 8.45. The third kappa shape index (κ3) is 5.07. The Balaban J connectivity index is 1.74. The Morgan fingerprint density at radius 2 is 1.42 bits per heavy atom. The van der Waals surface area contributed by atoms with Gasteiger partial charge in [-0.2, -0.15) is 0 Å². The van der Waals surface area contributed by atoms with Crippen molar-refractivity contribution in [3.8, 4) is 0 Å². The van der Waals surface area contributed by atoms with Crippen molar-refractivity contribution in [3.05, 3.63) is 0 Å². The van der Waals surface area contributed by atoms with Gasteiger partial charge in [0.2, 0.25) is 0 Å². The molecule has 112 valence electrons. The Bertz CT molecular complexity index is 256. The highest BCUT2D eigenvalue weighted by molar-refractivity contribution is 4.91. The normalized spacial score (nSPS) is 28.6. The van der Waals surface area contributed by atoms with E-state index in [2.05, 4.69) is 19.2 Å². The molecule has 0 aliphatic heterocycles. The highest BCUT2D eigenvalue weighted by Gasteiger charge is 2.36. The lowest BCUT2D eigenvalue weighted by Gasteiger charge is -2.41. The zero-order chi connectivity index (χ0) is 13.8. The summed E-state index contributed by atoms with van der Waals surface area (Å²) < 4.78 is 0. The van der Waals surface area contributed by atoms with Crippen LogP contribution in [0, 0.1) is 5.41 Å². The Labute approximate surface area is 119 Å². The van der Waals surface area contributed by atoms with E-state index in [0.717, 1.165) is 32.2 Å². The van der Waals surface area contributed by atoms with Crippen LogP contribution in [-0.4, -0.2) is 23.3 Å². The molecule has 19 heavy (non-hydrogen) atoms. The maximum Gasteiger partial charge on any atom is 0.0772 e. The second-order valence-corrected chi connectivity index (χ2v) is 7.81. The molecule has 0 radical (unpaired) electrons. The largest absolute Gasteiger partial charge is 0.389 e. The number of aliphatic hydroxyl groups is 1. The van der Waals surface area contributed by atoms with Crippen LogP contribution >= 0.6 is 0 Å². The van der Waals surface area contributed by atoms with Gasteiger partial charge in [-0.25, -0.2) is 0 Å². The minimum absolute atomic E-state index is 0.433. The molecule has 0 atom stereocenters. The average molecular weight is 267 g/mol. The average Bonchev–Trinajstić information content (AvgIpc) is 2.33. The summed E-state index contributed by atoms with van der Waals surface area (Å²) in [5.74, 6) is 0. The van der Waals surface area contributed by atoms with Crippen molar-refractivity contribution in [2.75, 3.05) is 6.54 Å². The van der Waals surface area contributed by atoms with Gasteiger partial charge in [-0.05, 0) is 43.9 Å². The van der Waals surface area contributed by atoms with Gasteiger partial charge in [-0.1, -0.05) is 46.0 Å². The molecule has 0 heterocycles. The Kier molecular flexibility index (Phi) is 5.30. The minimum atomic E-state index is -0.433. The standard InChI is InChI=1S/C17H33NO/c1-16(2)10-12-17(19,13-11-16)14-18-15-8-6-4-3-5-7-9-15/h15,18-19H,3-14H2,1-2H3. The van der Waals surface area contributed by atoms with E-state index in [-0.39, 0.29) is 0 Å². The summed E-state index contributed by atoms with van der Waals surface area (Å²) >= 11 is 0. The quantitative estimate of drug-likeness (QED) is 0.809. The predicted octanol–water partition coefficient (Wildman–Crippen LogP) is 4.02. The monoisotopic (exact) mass is 267 g/mol. The molecular formula is C17H33NO. The predicted molar refractivity (Wildman–Crippen MR) is 81.3 cm³/mol. The lowest BCUT2D eigenvalue weighted by atomic mass is 9.71. The summed E-state index contributed by atoms with van der Waals surface area (Å²) in [5, 5.41) is 14.4. The van der Waals surface area contributed by atoms with Gasteiger partial charge >= 0.3 is 0 Å². The van der Waals surface area contributed by atoms with Gasteiger partial charge in [-0.15, -0.1) is 0 Å². The summed E-state index contributed by atoms with van der Waals surface area (Å²) in [4.78, 5) is 0. The third-order valence-corrected chi connectivity index (χ3v) is 5.36. The summed E-state index contributed by atoms with van der Waals surface area (Å²) in [6.45, 7) is 5.47. The van der Waals surface area contributed by atoms with Gasteiger partial charge < -0.3 is 10.4 Å². The van der Waals surface area contributed by atoms with Crippen LogP contribution in [0.5, 0.6) is 0 Å². The van der Waals surface area contributed by atoms with Crippen molar-refractivity contribution in [1.29, 1.82) is 0 Å². The van der Waals surface area contributed by atoms with Crippen LogP contribution in [0.25, 0.3) is 0 Å². The number of hydrogen-bond donors (Lipinski definition) is 2. The van der Waals surface area contributed by atoms with Crippen LogP contribution in [0.15, 0.2) is 0 Å². The number of hydrogen-bond acceptors (Lipinski definition) is 2. The fourth-order valence-electron chi connectivity index (χ4n) is 3.56.